The van der Waals surface area contributed by atoms with Gasteiger partial charge in [0.05, 0.1) is 12.7 Å². The molecular formula is C40H70N4O4. The van der Waals surface area contributed by atoms with Gasteiger partial charge in [-0.1, -0.05) is 54.4 Å². The van der Waals surface area contributed by atoms with Crippen LogP contribution in [0.3, 0.4) is 0 Å². The molecule has 48 heavy (non-hydrogen) atoms. The molecule has 3 aliphatic carbocycles. The second kappa shape index (κ2) is 14.1. The lowest BCUT2D eigenvalue weighted by molar-refractivity contribution is -0.276. The molecule has 0 radical (unpaired) electrons. The molecule has 0 bridgehead atoms. The number of hydrogen-bond donors (Lipinski definition) is 1. The summed E-state index contributed by atoms with van der Waals surface area (Å²) in [7, 11) is 4.19. The summed E-state index contributed by atoms with van der Waals surface area (Å²) in [5.74, 6) is 2.41. The highest BCUT2D eigenvalue weighted by Crippen LogP contribution is 2.75. The quantitative estimate of drug-likeness (QED) is 0.340. The molecule has 3 saturated heterocycles. The van der Waals surface area contributed by atoms with Gasteiger partial charge in [0, 0.05) is 57.6 Å². The average Bonchev–Trinajstić information content (AvgIpc) is 3.42. The fourth-order valence-corrected chi connectivity index (χ4v) is 12.1. The van der Waals surface area contributed by atoms with Crippen LogP contribution in [0.2, 0.25) is 0 Å². The minimum Gasteiger partial charge on any atom is -0.353 e. The van der Waals surface area contributed by atoms with Gasteiger partial charge in [0.1, 0.15) is 6.42 Å². The zero-order valence-corrected chi connectivity index (χ0v) is 32.0. The normalized spacial score (nSPS) is 45.4. The molecule has 8 nitrogen and oxygen atoms in total. The first kappa shape index (κ1) is 36.6. The lowest BCUT2D eigenvalue weighted by atomic mass is 9.43. The molecule has 6 fully saturated rings. The fraction of sp³-hybridized carbons (Fsp3) is 0.950. The van der Waals surface area contributed by atoms with E-state index >= 15 is 0 Å². The molecule has 6 rings (SSSR count). The predicted octanol–water partition coefficient (Wildman–Crippen LogP) is 6.18. The van der Waals surface area contributed by atoms with E-state index in [9.17, 15) is 9.59 Å². The maximum atomic E-state index is 13.2. The van der Waals surface area contributed by atoms with Gasteiger partial charge in [0.25, 0.3) is 0 Å². The summed E-state index contributed by atoms with van der Waals surface area (Å²) < 4.78 is 13.7. The van der Waals surface area contributed by atoms with Crippen molar-refractivity contribution in [3.05, 3.63) is 0 Å². The lowest BCUT2D eigenvalue weighted by Crippen LogP contribution is -2.55. The van der Waals surface area contributed by atoms with Gasteiger partial charge in [-0.05, 0) is 105 Å². The molecule has 8 heteroatoms. The third-order valence-electron chi connectivity index (χ3n) is 15.3. The van der Waals surface area contributed by atoms with E-state index in [0.717, 1.165) is 71.6 Å². The summed E-state index contributed by atoms with van der Waals surface area (Å²) in [6.07, 6.45) is 13.1. The zero-order chi connectivity index (χ0) is 34.5. The number of carbonyl (C=O) groups is 2. The molecule has 0 unspecified atom stereocenters. The number of rotatable bonds is 6. The largest absolute Gasteiger partial charge is 0.353 e. The Bertz CT molecular complexity index is 1150. The third-order valence-corrected chi connectivity index (χ3v) is 15.3. The van der Waals surface area contributed by atoms with Gasteiger partial charge in [-0.2, -0.15) is 0 Å². The Morgan fingerprint density at radius 1 is 0.875 bits per heavy atom. The molecule has 1 spiro atoms. The Labute approximate surface area is 292 Å². The Balaban J connectivity index is 1.05. The van der Waals surface area contributed by atoms with Gasteiger partial charge < -0.3 is 24.6 Å². The maximum Gasteiger partial charge on any atom is 0.232 e. The van der Waals surface area contributed by atoms with Gasteiger partial charge in [0.15, 0.2) is 5.79 Å². The van der Waals surface area contributed by atoms with E-state index in [2.05, 4.69) is 70.8 Å². The standard InChI is InChI=1S/C40H70N4O4/c1-28-11-12-33-37(4,16-17-38(5)36-30(3)40(15-13-29(2)27-47-40)48-32(36)26-39(33,38)6)14-9-10-31(24-28)41-34(45)25-35(46)44-22-20-43(21-23-44)19-18-42(7)8/h28-33,36H,9-27H2,1-8H3,(H,41,45)/t28-,29+,30+,31-,32+,33-,36+,37+,38-,39+,40-/m1/s1. The van der Waals surface area contributed by atoms with Crippen LogP contribution in [-0.4, -0.2) is 104 Å². The molecule has 2 amide bonds. The summed E-state index contributed by atoms with van der Waals surface area (Å²) >= 11 is 0. The van der Waals surface area contributed by atoms with Gasteiger partial charge in [-0.3, -0.25) is 14.5 Å². The molecule has 0 aromatic heterocycles. The molecular weight excluding hydrogens is 600 g/mol. The Hall–Kier alpha value is -1.22. The van der Waals surface area contributed by atoms with Gasteiger partial charge in [-0.15, -0.1) is 0 Å². The number of ether oxygens (including phenoxy) is 2. The molecule has 3 saturated carbocycles. The predicted molar refractivity (Wildman–Crippen MR) is 191 cm³/mol. The van der Waals surface area contributed by atoms with Crippen molar-refractivity contribution < 1.29 is 19.1 Å². The third kappa shape index (κ3) is 6.87. The number of piperazine rings is 1. The highest BCUT2D eigenvalue weighted by molar-refractivity contribution is 5.97. The summed E-state index contributed by atoms with van der Waals surface area (Å²) in [6.45, 7) is 21.2. The Kier molecular flexibility index (Phi) is 10.7. The van der Waals surface area contributed by atoms with E-state index in [1.165, 1.54) is 44.9 Å². The number of nitrogens with zero attached hydrogens (tertiary/aromatic N) is 3. The monoisotopic (exact) mass is 671 g/mol. The smallest absolute Gasteiger partial charge is 0.232 e. The summed E-state index contributed by atoms with van der Waals surface area (Å²) in [4.78, 5) is 32.8. The van der Waals surface area contributed by atoms with Crippen molar-refractivity contribution in [3.63, 3.8) is 0 Å². The van der Waals surface area contributed by atoms with Crippen LogP contribution in [0.1, 0.15) is 119 Å². The molecule has 0 aromatic rings. The number of fused-ring (bicyclic) bond motifs is 5. The van der Waals surface area contributed by atoms with E-state index in [0.29, 0.717) is 41.1 Å². The zero-order valence-electron chi connectivity index (χ0n) is 32.0. The minimum absolute atomic E-state index is 0.0170. The van der Waals surface area contributed by atoms with Crippen LogP contribution < -0.4 is 5.32 Å². The van der Waals surface area contributed by atoms with Crippen molar-refractivity contribution in [3.8, 4) is 0 Å². The van der Waals surface area contributed by atoms with Crippen LogP contribution in [0.5, 0.6) is 0 Å². The van der Waals surface area contributed by atoms with E-state index in [4.69, 9.17) is 9.47 Å². The van der Waals surface area contributed by atoms with Gasteiger partial charge >= 0.3 is 0 Å². The molecule has 1 N–H and O–H groups in total. The van der Waals surface area contributed by atoms with Gasteiger partial charge in [0.2, 0.25) is 11.8 Å². The first-order chi connectivity index (χ1) is 22.7. The van der Waals surface area contributed by atoms with Crippen molar-refractivity contribution >= 4 is 11.8 Å². The van der Waals surface area contributed by atoms with Crippen molar-refractivity contribution in [2.75, 3.05) is 60.0 Å². The molecule has 274 valence electrons. The minimum atomic E-state index is -0.359. The van der Waals surface area contributed by atoms with Crippen molar-refractivity contribution in [2.45, 2.75) is 137 Å². The van der Waals surface area contributed by atoms with Crippen LogP contribution in [0.15, 0.2) is 0 Å². The van der Waals surface area contributed by atoms with Crippen LogP contribution in [0.4, 0.5) is 0 Å². The van der Waals surface area contributed by atoms with Gasteiger partial charge in [-0.25, -0.2) is 0 Å². The number of amides is 2. The summed E-state index contributed by atoms with van der Waals surface area (Å²) in [5.41, 5.74) is 0.839. The van der Waals surface area contributed by atoms with Crippen LogP contribution in [-0.2, 0) is 19.1 Å². The molecule has 6 aliphatic rings. The van der Waals surface area contributed by atoms with Crippen LogP contribution >= 0.6 is 0 Å². The van der Waals surface area contributed by atoms with Crippen molar-refractivity contribution in [1.29, 1.82) is 0 Å². The Morgan fingerprint density at radius 2 is 1.62 bits per heavy atom. The Morgan fingerprint density at radius 3 is 2.31 bits per heavy atom. The van der Waals surface area contributed by atoms with E-state index in [-0.39, 0.29) is 40.9 Å². The molecule has 3 aliphatic heterocycles. The lowest BCUT2D eigenvalue weighted by Gasteiger charge is -2.61. The molecule has 3 heterocycles. The highest BCUT2D eigenvalue weighted by atomic mass is 16.7. The summed E-state index contributed by atoms with van der Waals surface area (Å²) in [5, 5.41) is 3.34. The SMILES string of the molecule is C[C@@H]1CC[C@@H]2[C@@](C)(CCC[C@@H](NC(=O)CC(=O)N3CCN(CCN(C)C)CC3)C1)CC[C@]1(C)[C@@H]3[C@H](C[C@@]21C)O[C@]1(CC[C@H](C)CO1)[C@H]3C. The first-order valence-electron chi connectivity index (χ1n) is 19.9. The molecule has 11 atom stereocenters. The second-order valence-corrected chi connectivity index (χ2v) is 18.8. The number of nitrogens with one attached hydrogen (secondary N) is 1. The fourth-order valence-electron chi connectivity index (χ4n) is 12.1. The first-order valence-corrected chi connectivity index (χ1v) is 19.9. The van der Waals surface area contributed by atoms with Crippen molar-refractivity contribution in [1.82, 2.24) is 20.0 Å². The molecule has 0 aromatic carbocycles. The van der Waals surface area contributed by atoms with Crippen LogP contribution in [0, 0.1) is 45.8 Å². The second-order valence-electron chi connectivity index (χ2n) is 18.8. The van der Waals surface area contributed by atoms with Crippen LogP contribution in [0.25, 0.3) is 0 Å². The topological polar surface area (TPSA) is 74.4 Å². The summed E-state index contributed by atoms with van der Waals surface area (Å²) in [6, 6.07) is 0.155. The highest BCUT2D eigenvalue weighted by Gasteiger charge is 2.72. The number of likely N-dealkylation sites (N-methyl/N-ethyl adjacent to an activating group) is 1. The average molecular weight is 671 g/mol. The van der Waals surface area contributed by atoms with Crippen molar-refractivity contribution in [2.24, 2.45) is 45.8 Å². The maximum absolute atomic E-state index is 13.2. The van der Waals surface area contributed by atoms with E-state index in [1.54, 1.807) is 0 Å². The van der Waals surface area contributed by atoms with E-state index < -0.39 is 0 Å². The van der Waals surface area contributed by atoms with E-state index in [1.807, 2.05) is 4.90 Å². The number of carbonyl (C=O) groups excluding carboxylic acids is 2. The number of hydrogen-bond acceptors (Lipinski definition) is 6.